The number of nitrogens with one attached hydrogen (secondary N) is 1. The van der Waals surface area contributed by atoms with Crippen molar-refractivity contribution in [2.45, 2.75) is 50.0 Å². The van der Waals surface area contributed by atoms with E-state index in [1.54, 1.807) is 11.8 Å². The lowest BCUT2D eigenvalue weighted by atomic mass is 9.77. The van der Waals surface area contributed by atoms with Crippen LogP contribution in [0.2, 0.25) is 5.02 Å². The summed E-state index contributed by atoms with van der Waals surface area (Å²) in [5, 5.41) is 14.7. The van der Waals surface area contributed by atoms with Gasteiger partial charge in [0.1, 0.15) is 5.02 Å². The second kappa shape index (κ2) is 8.30. The molecule has 1 saturated carbocycles. The maximum atomic E-state index is 12.1. The maximum Gasteiger partial charge on any atom is 0.314 e. The van der Waals surface area contributed by atoms with Crippen molar-refractivity contribution in [3.05, 3.63) is 76.1 Å². The van der Waals surface area contributed by atoms with Crippen LogP contribution < -0.4 is 5.32 Å². The minimum Gasteiger partial charge on any atom is -0.481 e. The van der Waals surface area contributed by atoms with Gasteiger partial charge in [0.25, 0.3) is 0 Å². The highest BCUT2D eigenvalue weighted by Crippen LogP contribution is 2.51. The molecule has 2 aromatic carbocycles. The highest BCUT2D eigenvalue weighted by molar-refractivity contribution is 6.32. The summed E-state index contributed by atoms with van der Waals surface area (Å²) in [6.07, 6.45) is 8.36. The van der Waals surface area contributed by atoms with E-state index in [1.807, 2.05) is 35.0 Å². The van der Waals surface area contributed by atoms with Crippen LogP contribution in [0.4, 0.5) is 11.6 Å². The lowest BCUT2D eigenvalue weighted by Gasteiger charge is -2.37. The lowest BCUT2D eigenvalue weighted by molar-refractivity contribution is -0.140. The van der Waals surface area contributed by atoms with Crippen LogP contribution in [0.1, 0.15) is 53.9 Å². The molecule has 2 aliphatic carbocycles. The molecule has 2 N–H and O–H groups in total. The molecule has 8 heteroatoms. The molecule has 7 nitrogen and oxygen atoms in total. The predicted octanol–water partition coefficient (Wildman–Crippen LogP) is 5.80. The first-order valence-electron chi connectivity index (χ1n) is 12.9. The van der Waals surface area contributed by atoms with Crippen molar-refractivity contribution >= 4 is 40.1 Å². The normalized spacial score (nSPS) is 20.0. The number of halogens is 1. The van der Waals surface area contributed by atoms with Crippen LogP contribution in [0, 0.1) is 0 Å². The number of carboxylic acid groups (broad SMARTS) is 1. The number of carbonyl (C=O) groups is 1. The second-order valence-corrected chi connectivity index (χ2v) is 11.2. The number of aryl methyl sites for hydroxylation is 1. The predicted molar refractivity (Wildman–Crippen MR) is 144 cm³/mol. The Bertz CT molecular complexity index is 1570. The third-order valence-electron chi connectivity index (χ3n) is 8.33. The molecule has 0 saturated heterocycles. The topological polar surface area (TPSA) is 83.3 Å². The molecule has 0 radical (unpaired) electrons. The minimum atomic E-state index is -0.832. The first-order chi connectivity index (χ1) is 17.9. The van der Waals surface area contributed by atoms with Gasteiger partial charge in [-0.2, -0.15) is 4.98 Å². The Kier molecular flexibility index (Phi) is 5.10. The van der Waals surface area contributed by atoms with Gasteiger partial charge in [-0.1, -0.05) is 29.8 Å². The average Bonchev–Trinajstić information content (AvgIpc) is 3.60. The van der Waals surface area contributed by atoms with Gasteiger partial charge >= 0.3 is 5.97 Å². The number of fused-ring (bicyclic) bond motifs is 1. The number of para-hydroxylation sites is 1. The van der Waals surface area contributed by atoms with Crippen LogP contribution in [0.25, 0.3) is 16.7 Å². The van der Waals surface area contributed by atoms with Crippen LogP contribution >= 0.6 is 11.6 Å². The van der Waals surface area contributed by atoms with Crippen LogP contribution in [0.15, 0.2) is 48.8 Å². The Labute approximate surface area is 220 Å². The fourth-order valence-corrected chi connectivity index (χ4v) is 6.67. The van der Waals surface area contributed by atoms with Crippen LogP contribution in [-0.2, 0) is 23.2 Å². The molecule has 1 aliphatic heterocycles. The molecule has 0 spiro atoms. The van der Waals surface area contributed by atoms with Gasteiger partial charge < -0.3 is 15.3 Å². The molecule has 4 aromatic rings. The smallest absolute Gasteiger partial charge is 0.314 e. The highest BCUT2D eigenvalue weighted by atomic mass is 35.5. The third kappa shape index (κ3) is 3.63. The first-order valence-corrected chi connectivity index (χ1v) is 13.3. The summed E-state index contributed by atoms with van der Waals surface area (Å²) in [5.41, 5.74) is 6.21. The Morgan fingerprint density at radius 1 is 1.22 bits per heavy atom. The number of anilines is 2. The van der Waals surface area contributed by atoms with E-state index in [4.69, 9.17) is 16.6 Å². The van der Waals surface area contributed by atoms with E-state index >= 15 is 0 Å². The summed E-state index contributed by atoms with van der Waals surface area (Å²) >= 11 is 6.62. The fourth-order valence-electron chi connectivity index (χ4n) is 6.49. The molecule has 188 valence electrons. The molecule has 7 rings (SSSR count). The number of aliphatic carboxylic acids is 1. The summed E-state index contributed by atoms with van der Waals surface area (Å²) in [6, 6.07) is 12.3. The maximum absolute atomic E-state index is 12.1. The molecular weight excluding hydrogens is 486 g/mol. The van der Waals surface area contributed by atoms with Crippen molar-refractivity contribution in [2.24, 2.45) is 0 Å². The number of carboxylic acids is 1. The number of nitrogens with zero attached hydrogens (tertiary/aromatic N) is 4. The molecule has 3 aliphatic rings. The quantitative estimate of drug-likeness (QED) is 0.351. The number of hydrogen-bond donors (Lipinski definition) is 2. The van der Waals surface area contributed by atoms with Gasteiger partial charge in [-0.25, -0.2) is 4.98 Å². The molecule has 2 aromatic heterocycles. The molecule has 37 heavy (non-hydrogen) atoms. The number of likely N-dealkylation sites (N-methyl/N-ethyl adjacent to an activating group) is 1. The molecule has 1 unspecified atom stereocenters. The van der Waals surface area contributed by atoms with Crippen LogP contribution in [0.5, 0.6) is 0 Å². The number of hydrogen-bond acceptors (Lipinski definition) is 5. The van der Waals surface area contributed by atoms with Gasteiger partial charge in [-0.15, -0.1) is 0 Å². The van der Waals surface area contributed by atoms with E-state index in [2.05, 4.69) is 34.4 Å². The molecule has 1 fully saturated rings. The van der Waals surface area contributed by atoms with E-state index in [0.29, 0.717) is 35.5 Å². The zero-order valence-corrected chi connectivity index (χ0v) is 21.4. The monoisotopic (exact) mass is 513 g/mol. The number of rotatable bonds is 5. The SMILES string of the molecule is CN1Cc2cc(Nc3ncc(Cl)c(-n4cc(C5(C(=O)O)CC5)c5ccccc54)n3)cc3c2C(CCC3)C1. The summed E-state index contributed by atoms with van der Waals surface area (Å²) in [6.45, 7) is 2.08. The summed E-state index contributed by atoms with van der Waals surface area (Å²) < 4.78 is 1.90. The van der Waals surface area contributed by atoms with E-state index < -0.39 is 11.4 Å². The van der Waals surface area contributed by atoms with Gasteiger partial charge in [-0.3, -0.25) is 9.36 Å². The summed E-state index contributed by atoms with van der Waals surface area (Å²) in [5.74, 6) is 0.834. The van der Waals surface area contributed by atoms with Crippen LogP contribution in [0.3, 0.4) is 0 Å². The minimum absolute atomic E-state index is 0.406. The molecule has 0 amide bonds. The molecular formula is C29H28ClN5O2. The summed E-state index contributed by atoms with van der Waals surface area (Å²) in [4.78, 5) is 23.8. The largest absolute Gasteiger partial charge is 0.481 e. The van der Waals surface area contributed by atoms with Crippen molar-refractivity contribution < 1.29 is 9.90 Å². The van der Waals surface area contributed by atoms with Gasteiger partial charge in [0.2, 0.25) is 5.95 Å². The highest BCUT2D eigenvalue weighted by Gasteiger charge is 2.53. The van der Waals surface area contributed by atoms with Gasteiger partial charge in [0.15, 0.2) is 5.82 Å². The Morgan fingerprint density at radius 3 is 2.84 bits per heavy atom. The Hall–Kier alpha value is -3.42. The van der Waals surface area contributed by atoms with E-state index in [0.717, 1.165) is 41.7 Å². The fraction of sp³-hybridized carbons (Fsp3) is 0.345. The van der Waals surface area contributed by atoms with E-state index in [9.17, 15) is 9.90 Å². The van der Waals surface area contributed by atoms with Crippen molar-refractivity contribution in [1.29, 1.82) is 0 Å². The van der Waals surface area contributed by atoms with Gasteiger partial charge in [0.05, 0.1) is 17.1 Å². The van der Waals surface area contributed by atoms with Crippen molar-refractivity contribution in [3.63, 3.8) is 0 Å². The zero-order chi connectivity index (χ0) is 25.3. The van der Waals surface area contributed by atoms with Crippen molar-refractivity contribution in [2.75, 3.05) is 18.9 Å². The first kappa shape index (κ1) is 22.8. The number of aromatic nitrogens is 3. The molecule has 3 heterocycles. The van der Waals surface area contributed by atoms with Crippen molar-refractivity contribution in [3.8, 4) is 5.82 Å². The molecule has 1 atom stereocenters. The van der Waals surface area contributed by atoms with E-state index in [1.165, 1.54) is 24.0 Å². The Balaban J connectivity index is 1.29. The second-order valence-electron chi connectivity index (χ2n) is 10.8. The Morgan fingerprint density at radius 2 is 2.03 bits per heavy atom. The standard InChI is InChI=1S/C29H28ClN5O2/c1-34-14-18-6-4-5-17-11-20(12-19(15-34)25(17)18)32-28-31-13-23(30)26(33-28)35-16-22(29(9-10-29)27(36)37)21-7-2-3-8-24(21)35/h2-3,7-8,11-13,16,18H,4-6,9-10,14-15H2,1H3,(H,36,37)(H,31,32,33). The summed E-state index contributed by atoms with van der Waals surface area (Å²) in [7, 11) is 2.19. The third-order valence-corrected chi connectivity index (χ3v) is 8.59. The number of benzene rings is 2. The zero-order valence-electron chi connectivity index (χ0n) is 20.7. The van der Waals surface area contributed by atoms with Gasteiger partial charge in [0, 0.05) is 30.4 Å². The van der Waals surface area contributed by atoms with Gasteiger partial charge in [-0.05, 0) is 85.5 Å². The lowest BCUT2D eigenvalue weighted by Crippen LogP contribution is -2.33. The van der Waals surface area contributed by atoms with Crippen LogP contribution in [-0.4, -0.2) is 44.1 Å². The van der Waals surface area contributed by atoms with E-state index in [-0.39, 0.29) is 0 Å². The molecule has 0 bridgehead atoms. The average molecular weight is 514 g/mol. The van der Waals surface area contributed by atoms with Crippen molar-refractivity contribution in [1.82, 2.24) is 19.4 Å².